The number of hydrogen-bond acceptors (Lipinski definition) is 6. The number of nitrogens with zero attached hydrogens (tertiary/aromatic N) is 3. The number of hydrogen-bond donors (Lipinski definition) is 2. The Morgan fingerprint density at radius 1 is 1.41 bits per heavy atom. The van der Waals surface area contributed by atoms with Gasteiger partial charge in [0.25, 0.3) is 0 Å². The summed E-state index contributed by atoms with van der Waals surface area (Å²) in [4.78, 5) is 21.3. The van der Waals surface area contributed by atoms with E-state index in [0.29, 0.717) is 23.2 Å². The lowest BCUT2D eigenvalue weighted by Crippen LogP contribution is -2.31. The number of aryl methyl sites for hydroxylation is 1. The third-order valence-electron chi connectivity index (χ3n) is 4.46. The molecular formula is C19H23ClN4O3. The Kier molecular flexibility index (Phi) is 6.47. The normalized spacial score (nSPS) is 16.3. The number of nitrogens with one attached hydrogen (secondary N) is 1. The van der Waals surface area contributed by atoms with Crippen molar-refractivity contribution in [3.05, 3.63) is 41.0 Å². The van der Waals surface area contributed by atoms with Crippen molar-refractivity contribution in [2.75, 3.05) is 23.9 Å². The molecule has 3 rings (SSSR count). The minimum Gasteiger partial charge on any atom is -0.481 e. The lowest BCUT2D eigenvalue weighted by atomic mass is 10.1. The molecule has 1 aromatic heterocycles. The van der Waals surface area contributed by atoms with E-state index in [-0.39, 0.29) is 12.6 Å². The van der Waals surface area contributed by atoms with E-state index in [9.17, 15) is 4.79 Å². The number of benzene rings is 1. The largest absolute Gasteiger partial charge is 0.481 e. The summed E-state index contributed by atoms with van der Waals surface area (Å²) in [6.07, 6.45) is 5.08. The number of halogens is 1. The molecule has 0 amide bonds. The molecule has 1 aromatic carbocycles. The minimum atomic E-state index is -0.767. The SMILES string of the molecule is CN(c1nc(Nc2ccc(CCCC(=O)O)cc2)ncc1Cl)[C@H]1CCCO1. The fraction of sp³-hybridized carbons (Fsp3) is 0.421. The zero-order valence-corrected chi connectivity index (χ0v) is 15.9. The number of anilines is 3. The first-order valence-corrected chi connectivity index (χ1v) is 9.35. The van der Waals surface area contributed by atoms with Gasteiger partial charge in [-0.15, -0.1) is 0 Å². The summed E-state index contributed by atoms with van der Waals surface area (Å²) in [5.74, 6) is 0.321. The maximum atomic E-state index is 10.6. The van der Waals surface area contributed by atoms with E-state index in [0.717, 1.165) is 37.1 Å². The number of aromatic nitrogens is 2. The molecule has 1 atom stereocenters. The smallest absolute Gasteiger partial charge is 0.303 e. The number of rotatable bonds is 8. The molecule has 0 unspecified atom stereocenters. The van der Waals surface area contributed by atoms with Crippen LogP contribution in [-0.4, -0.2) is 40.9 Å². The van der Waals surface area contributed by atoms with Crippen molar-refractivity contribution in [1.29, 1.82) is 0 Å². The van der Waals surface area contributed by atoms with Crippen LogP contribution < -0.4 is 10.2 Å². The molecule has 27 heavy (non-hydrogen) atoms. The lowest BCUT2D eigenvalue weighted by molar-refractivity contribution is -0.137. The summed E-state index contributed by atoms with van der Waals surface area (Å²) in [5, 5.41) is 12.4. The molecule has 144 valence electrons. The van der Waals surface area contributed by atoms with Gasteiger partial charge in [0.1, 0.15) is 11.3 Å². The molecule has 1 aliphatic rings. The highest BCUT2D eigenvalue weighted by Crippen LogP contribution is 2.28. The minimum absolute atomic E-state index is 0.0182. The van der Waals surface area contributed by atoms with Crippen LogP contribution >= 0.6 is 11.6 Å². The summed E-state index contributed by atoms with van der Waals surface area (Å²) < 4.78 is 5.69. The number of carboxylic acid groups (broad SMARTS) is 1. The van der Waals surface area contributed by atoms with Crippen molar-refractivity contribution in [1.82, 2.24) is 9.97 Å². The van der Waals surface area contributed by atoms with Crippen LogP contribution in [0.4, 0.5) is 17.5 Å². The molecule has 0 aliphatic carbocycles. The number of carbonyl (C=O) groups is 1. The van der Waals surface area contributed by atoms with E-state index in [1.54, 1.807) is 6.20 Å². The zero-order valence-electron chi connectivity index (χ0n) is 15.2. The Morgan fingerprint density at radius 2 is 2.19 bits per heavy atom. The van der Waals surface area contributed by atoms with Crippen molar-refractivity contribution < 1.29 is 14.6 Å². The number of ether oxygens (including phenoxy) is 1. The predicted octanol–water partition coefficient (Wildman–Crippen LogP) is 3.85. The van der Waals surface area contributed by atoms with Crippen molar-refractivity contribution in [2.45, 2.75) is 38.3 Å². The second-order valence-electron chi connectivity index (χ2n) is 6.51. The highest BCUT2D eigenvalue weighted by Gasteiger charge is 2.23. The first-order chi connectivity index (χ1) is 13.0. The van der Waals surface area contributed by atoms with Gasteiger partial charge in [-0.05, 0) is 43.4 Å². The van der Waals surface area contributed by atoms with Crippen LogP contribution in [-0.2, 0) is 16.0 Å². The van der Waals surface area contributed by atoms with Crippen LogP contribution in [0.3, 0.4) is 0 Å². The molecule has 8 heteroatoms. The van der Waals surface area contributed by atoms with Gasteiger partial charge in [0.05, 0.1) is 6.20 Å². The van der Waals surface area contributed by atoms with Gasteiger partial charge in [-0.25, -0.2) is 4.98 Å². The van der Waals surface area contributed by atoms with Crippen LogP contribution in [0, 0.1) is 0 Å². The third-order valence-corrected chi connectivity index (χ3v) is 4.73. The van der Waals surface area contributed by atoms with Gasteiger partial charge in [-0.2, -0.15) is 4.98 Å². The molecule has 2 N–H and O–H groups in total. The maximum Gasteiger partial charge on any atom is 0.303 e. The summed E-state index contributed by atoms with van der Waals surface area (Å²) >= 11 is 6.27. The summed E-state index contributed by atoms with van der Waals surface area (Å²) in [7, 11) is 1.92. The van der Waals surface area contributed by atoms with E-state index < -0.39 is 5.97 Å². The van der Waals surface area contributed by atoms with Gasteiger partial charge in [-0.1, -0.05) is 23.7 Å². The van der Waals surface area contributed by atoms with Crippen LogP contribution in [0.1, 0.15) is 31.2 Å². The molecule has 0 radical (unpaired) electrons. The molecule has 0 saturated carbocycles. The Balaban J connectivity index is 1.65. The molecular weight excluding hydrogens is 368 g/mol. The monoisotopic (exact) mass is 390 g/mol. The van der Waals surface area contributed by atoms with Crippen LogP contribution in [0.2, 0.25) is 5.02 Å². The van der Waals surface area contributed by atoms with Crippen molar-refractivity contribution >= 4 is 35.0 Å². The fourth-order valence-electron chi connectivity index (χ4n) is 3.00. The van der Waals surface area contributed by atoms with E-state index in [2.05, 4.69) is 15.3 Å². The number of aliphatic carboxylic acids is 1. The quantitative estimate of drug-likeness (QED) is 0.707. The summed E-state index contributed by atoms with van der Waals surface area (Å²) in [6, 6.07) is 7.80. The molecule has 7 nitrogen and oxygen atoms in total. The Morgan fingerprint density at radius 3 is 2.85 bits per heavy atom. The number of carboxylic acids is 1. The van der Waals surface area contributed by atoms with Gasteiger partial charge < -0.3 is 20.1 Å². The van der Waals surface area contributed by atoms with Gasteiger partial charge >= 0.3 is 5.97 Å². The highest BCUT2D eigenvalue weighted by atomic mass is 35.5. The van der Waals surface area contributed by atoms with E-state index in [1.807, 2.05) is 36.2 Å². The van der Waals surface area contributed by atoms with Crippen LogP contribution in [0.5, 0.6) is 0 Å². The van der Waals surface area contributed by atoms with E-state index >= 15 is 0 Å². The molecule has 1 aliphatic heterocycles. The predicted molar refractivity (Wildman–Crippen MR) is 105 cm³/mol. The van der Waals surface area contributed by atoms with Gasteiger partial charge in [-0.3, -0.25) is 4.79 Å². The van der Waals surface area contributed by atoms with E-state index in [1.165, 1.54) is 0 Å². The average Bonchev–Trinajstić information content (AvgIpc) is 3.19. The van der Waals surface area contributed by atoms with Crippen molar-refractivity contribution in [3.8, 4) is 0 Å². The first kappa shape index (κ1) is 19.4. The molecule has 1 saturated heterocycles. The maximum absolute atomic E-state index is 10.6. The van der Waals surface area contributed by atoms with Crippen LogP contribution in [0.25, 0.3) is 0 Å². The Hall–Kier alpha value is -2.38. The fourth-order valence-corrected chi connectivity index (χ4v) is 3.22. The first-order valence-electron chi connectivity index (χ1n) is 8.97. The van der Waals surface area contributed by atoms with Gasteiger partial charge in [0.2, 0.25) is 5.95 Å². The van der Waals surface area contributed by atoms with Gasteiger partial charge in [0, 0.05) is 25.8 Å². The highest BCUT2D eigenvalue weighted by molar-refractivity contribution is 6.32. The lowest BCUT2D eigenvalue weighted by Gasteiger charge is -2.25. The van der Waals surface area contributed by atoms with Crippen molar-refractivity contribution in [3.63, 3.8) is 0 Å². The second kappa shape index (κ2) is 9.01. The zero-order chi connectivity index (χ0) is 19.2. The molecule has 0 bridgehead atoms. The van der Waals surface area contributed by atoms with Gasteiger partial charge in [0.15, 0.2) is 5.82 Å². The Labute approximate surface area is 163 Å². The molecule has 1 fully saturated rings. The van der Waals surface area contributed by atoms with Crippen LogP contribution in [0.15, 0.2) is 30.5 Å². The van der Waals surface area contributed by atoms with E-state index in [4.69, 9.17) is 21.4 Å². The standard InChI is InChI=1S/C19H23ClN4O3/c1-24(16-5-3-11-27-16)18-15(20)12-21-19(23-18)22-14-9-7-13(8-10-14)4-2-6-17(25)26/h7-10,12,16H,2-6,11H2,1H3,(H,25,26)(H,21,22,23)/t16-/m1/s1. The topological polar surface area (TPSA) is 87.6 Å². The molecule has 2 aromatic rings. The van der Waals surface area contributed by atoms with Crippen molar-refractivity contribution in [2.24, 2.45) is 0 Å². The summed E-state index contributed by atoms with van der Waals surface area (Å²) in [5.41, 5.74) is 1.95. The third kappa shape index (κ3) is 5.30. The summed E-state index contributed by atoms with van der Waals surface area (Å²) in [6.45, 7) is 0.752. The average molecular weight is 391 g/mol. The second-order valence-corrected chi connectivity index (χ2v) is 6.92. The molecule has 2 heterocycles. The molecule has 0 spiro atoms. The Bertz CT molecular complexity index is 779.